The number of furan rings is 1. The smallest absolute Gasteiger partial charge is 0.297 e. The van der Waals surface area contributed by atoms with E-state index < -0.39 is 0 Å². The Morgan fingerprint density at radius 2 is 1.87 bits per heavy atom. The van der Waals surface area contributed by atoms with Gasteiger partial charge >= 0.3 is 0 Å². The number of benzene rings is 2. The Morgan fingerprint density at radius 3 is 2.74 bits per heavy atom. The van der Waals surface area contributed by atoms with Crippen LogP contribution in [0.15, 0.2) is 82.5 Å². The summed E-state index contributed by atoms with van der Waals surface area (Å²) in [7, 11) is 0. The minimum atomic E-state index is -0.375. The highest BCUT2D eigenvalue weighted by Crippen LogP contribution is 2.23. The zero-order valence-electron chi connectivity index (χ0n) is 16.6. The summed E-state index contributed by atoms with van der Waals surface area (Å²) >= 11 is 0. The van der Waals surface area contributed by atoms with Crippen LogP contribution in [0.2, 0.25) is 0 Å². The number of nitrogens with zero attached hydrogens (tertiary/aromatic N) is 4. The highest BCUT2D eigenvalue weighted by Gasteiger charge is 2.14. The Morgan fingerprint density at radius 1 is 1.06 bits per heavy atom. The monoisotopic (exact) mass is 413 g/mol. The summed E-state index contributed by atoms with van der Waals surface area (Å²) in [5, 5.41) is 7.97. The largest absolute Gasteiger partial charge is 0.448 e. The summed E-state index contributed by atoms with van der Waals surface area (Å²) in [6.45, 7) is 0.316. The van der Waals surface area contributed by atoms with Gasteiger partial charge in [-0.15, -0.1) is 0 Å². The average Bonchev–Trinajstić information content (AvgIpc) is 3.42. The third-order valence-corrected chi connectivity index (χ3v) is 5.06. The molecule has 0 aliphatic rings. The molecule has 2 aromatic carbocycles. The number of hydrogen-bond acceptors (Lipinski definition) is 5. The summed E-state index contributed by atoms with van der Waals surface area (Å²) in [5.74, 6) is -0.269. The molecule has 0 atom stereocenters. The van der Waals surface area contributed by atoms with Gasteiger partial charge in [0.25, 0.3) is 5.56 Å². The minimum absolute atomic E-state index is 0.123. The van der Waals surface area contributed by atoms with Crippen molar-refractivity contribution in [1.29, 1.82) is 0 Å². The number of para-hydroxylation sites is 2. The molecule has 154 valence electrons. The SMILES string of the molecule is O=C(Cn1cnc2c(oc3ccccc32)c1=O)NCCc1cnn(-c2ccccc2)c1. The van der Waals surface area contributed by atoms with Gasteiger partial charge in [0, 0.05) is 18.1 Å². The van der Waals surface area contributed by atoms with Crippen molar-refractivity contribution in [3.63, 3.8) is 0 Å². The highest BCUT2D eigenvalue weighted by molar-refractivity contribution is 6.01. The second-order valence-corrected chi connectivity index (χ2v) is 7.18. The van der Waals surface area contributed by atoms with E-state index in [2.05, 4.69) is 15.4 Å². The van der Waals surface area contributed by atoms with Crippen LogP contribution in [0, 0.1) is 0 Å². The fourth-order valence-corrected chi connectivity index (χ4v) is 3.50. The second kappa shape index (κ2) is 7.91. The van der Waals surface area contributed by atoms with Crippen LogP contribution in [0.5, 0.6) is 0 Å². The summed E-state index contributed by atoms with van der Waals surface area (Å²) in [5.41, 5.74) is 2.87. The molecule has 0 saturated carbocycles. The lowest BCUT2D eigenvalue weighted by atomic mass is 10.2. The number of rotatable bonds is 6. The average molecular weight is 413 g/mol. The van der Waals surface area contributed by atoms with Gasteiger partial charge in [-0.3, -0.25) is 14.2 Å². The van der Waals surface area contributed by atoms with Gasteiger partial charge in [0.15, 0.2) is 0 Å². The summed E-state index contributed by atoms with van der Waals surface area (Å²) in [6.07, 6.45) is 5.74. The third kappa shape index (κ3) is 3.71. The lowest BCUT2D eigenvalue weighted by molar-refractivity contribution is -0.121. The van der Waals surface area contributed by atoms with E-state index >= 15 is 0 Å². The van der Waals surface area contributed by atoms with Crippen LogP contribution >= 0.6 is 0 Å². The Balaban J connectivity index is 1.22. The van der Waals surface area contributed by atoms with Crippen molar-refractivity contribution in [3.05, 3.63) is 89.2 Å². The summed E-state index contributed by atoms with van der Waals surface area (Å²) < 4.78 is 8.70. The number of amides is 1. The van der Waals surface area contributed by atoms with Gasteiger partial charge in [-0.2, -0.15) is 5.10 Å². The van der Waals surface area contributed by atoms with Crippen LogP contribution in [0.4, 0.5) is 0 Å². The molecule has 0 spiro atoms. The van der Waals surface area contributed by atoms with Gasteiger partial charge < -0.3 is 9.73 Å². The fourth-order valence-electron chi connectivity index (χ4n) is 3.50. The Kier molecular flexibility index (Phi) is 4.80. The molecule has 0 radical (unpaired) electrons. The molecule has 1 N–H and O–H groups in total. The normalized spacial score (nSPS) is 11.2. The van der Waals surface area contributed by atoms with E-state index in [0.29, 0.717) is 24.1 Å². The second-order valence-electron chi connectivity index (χ2n) is 7.18. The van der Waals surface area contributed by atoms with E-state index in [-0.39, 0.29) is 23.6 Å². The molecule has 3 heterocycles. The molecular formula is C23H19N5O3. The van der Waals surface area contributed by atoms with Crippen molar-refractivity contribution in [2.24, 2.45) is 0 Å². The number of aromatic nitrogens is 4. The van der Waals surface area contributed by atoms with E-state index in [0.717, 1.165) is 16.6 Å². The summed E-state index contributed by atoms with van der Waals surface area (Å²) in [6, 6.07) is 17.1. The Bertz CT molecular complexity index is 1430. The molecule has 1 amide bonds. The maximum Gasteiger partial charge on any atom is 0.297 e. The Labute approximate surface area is 176 Å². The first kappa shape index (κ1) is 18.8. The zero-order valence-corrected chi connectivity index (χ0v) is 16.6. The molecule has 8 heteroatoms. The predicted molar refractivity (Wildman–Crippen MR) is 116 cm³/mol. The molecular weight excluding hydrogens is 394 g/mol. The number of nitrogens with one attached hydrogen (secondary N) is 1. The molecule has 31 heavy (non-hydrogen) atoms. The lowest BCUT2D eigenvalue weighted by Crippen LogP contribution is -2.33. The number of hydrogen-bond donors (Lipinski definition) is 1. The Hall–Kier alpha value is -4.20. The fraction of sp³-hybridized carbons (Fsp3) is 0.130. The topological polar surface area (TPSA) is 94.9 Å². The molecule has 0 aliphatic carbocycles. The van der Waals surface area contributed by atoms with Crippen LogP contribution < -0.4 is 10.9 Å². The van der Waals surface area contributed by atoms with Gasteiger partial charge in [-0.1, -0.05) is 30.3 Å². The molecule has 0 unspecified atom stereocenters. The molecule has 0 aliphatic heterocycles. The van der Waals surface area contributed by atoms with E-state index in [4.69, 9.17) is 4.42 Å². The van der Waals surface area contributed by atoms with Gasteiger partial charge in [0.2, 0.25) is 11.5 Å². The van der Waals surface area contributed by atoms with Crippen molar-refractivity contribution >= 4 is 28.0 Å². The van der Waals surface area contributed by atoms with E-state index in [1.165, 1.54) is 10.9 Å². The van der Waals surface area contributed by atoms with Crippen LogP contribution in [0.25, 0.3) is 27.8 Å². The number of fused-ring (bicyclic) bond motifs is 3. The van der Waals surface area contributed by atoms with E-state index in [1.54, 1.807) is 16.9 Å². The first-order chi connectivity index (χ1) is 15.2. The number of carbonyl (C=O) groups excluding carboxylic acids is 1. The van der Waals surface area contributed by atoms with Crippen molar-refractivity contribution in [2.45, 2.75) is 13.0 Å². The number of carbonyl (C=O) groups is 1. The van der Waals surface area contributed by atoms with Gasteiger partial charge in [-0.25, -0.2) is 9.67 Å². The van der Waals surface area contributed by atoms with Gasteiger partial charge in [0.05, 0.1) is 18.2 Å². The third-order valence-electron chi connectivity index (χ3n) is 5.06. The van der Waals surface area contributed by atoms with Crippen molar-refractivity contribution < 1.29 is 9.21 Å². The first-order valence-electron chi connectivity index (χ1n) is 9.91. The van der Waals surface area contributed by atoms with Crippen LogP contribution in [0.3, 0.4) is 0 Å². The minimum Gasteiger partial charge on any atom is -0.448 e. The van der Waals surface area contributed by atoms with Crippen molar-refractivity contribution in [2.75, 3.05) is 6.54 Å². The van der Waals surface area contributed by atoms with Crippen LogP contribution in [-0.2, 0) is 17.8 Å². The molecule has 3 aromatic heterocycles. The van der Waals surface area contributed by atoms with Crippen molar-refractivity contribution in [1.82, 2.24) is 24.6 Å². The maximum absolute atomic E-state index is 12.7. The molecule has 0 bridgehead atoms. The molecule has 0 fully saturated rings. The molecule has 0 saturated heterocycles. The summed E-state index contributed by atoms with van der Waals surface area (Å²) in [4.78, 5) is 29.4. The maximum atomic E-state index is 12.7. The first-order valence-corrected chi connectivity index (χ1v) is 9.91. The van der Waals surface area contributed by atoms with Crippen LogP contribution in [0.1, 0.15) is 5.56 Å². The molecule has 8 nitrogen and oxygen atoms in total. The quantitative estimate of drug-likeness (QED) is 0.462. The predicted octanol–water partition coefficient (Wildman–Crippen LogP) is 2.69. The zero-order chi connectivity index (χ0) is 21.2. The molecule has 5 rings (SSSR count). The van der Waals surface area contributed by atoms with Crippen LogP contribution in [-0.4, -0.2) is 31.8 Å². The van der Waals surface area contributed by atoms with E-state index in [9.17, 15) is 9.59 Å². The van der Waals surface area contributed by atoms with Crippen molar-refractivity contribution in [3.8, 4) is 5.69 Å². The van der Waals surface area contributed by atoms with Gasteiger partial charge in [-0.05, 0) is 36.2 Å². The van der Waals surface area contributed by atoms with E-state index in [1.807, 2.05) is 54.7 Å². The van der Waals surface area contributed by atoms with Gasteiger partial charge in [0.1, 0.15) is 17.6 Å². The molecule has 5 aromatic rings. The standard InChI is InChI=1S/C23H19N5O3/c29-20(24-11-10-16-12-26-28(13-16)17-6-2-1-3-7-17)14-27-15-25-21-18-8-4-5-9-19(18)31-22(21)23(27)30/h1-9,12-13,15H,10-11,14H2,(H,24,29). The lowest BCUT2D eigenvalue weighted by Gasteiger charge is -2.06. The highest BCUT2D eigenvalue weighted by atomic mass is 16.3.